The van der Waals surface area contributed by atoms with Crippen LogP contribution in [0.25, 0.3) is 16.7 Å². The van der Waals surface area contributed by atoms with Crippen molar-refractivity contribution in [1.29, 1.82) is 0 Å². The molecule has 0 radical (unpaired) electrons. The monoisotopic (exact) mass is 238 g/mol. The summed E-state index contributed by atoms with van der Waals surface area (Å²) in [4.78, 5) is 0. The van der Waals surface area contributed by atoms with E-state index >= 15 is 0 Å². The molecule has 94 valence electrons. The zero-order chi connectivity index (χ0) is 13.4. The summed E-state index contributed by atoms with van der Waals surface area (Å²) < 4.78 is 0. The maximum atomic E-state index is 4.11. The third-order valence-electron chi connectivity index (χ3n) is 3.68. The first-order valence-electron chi connectivity index (χ1n) is 6.61. The number of aryl methyl sites for hydroxylation is 2. The van der Waals surface area contributed by atoms with E-state index in [1.807, 2.05) is 0 Å². The summed E-state index contributed by atoms with van der Waals surface area (Å²) in [5.74, 6) is 0.558. The lowest BCUT2D eigenvalue weighted by Crippen LogP contribution is -1.84. The van der Waals surface area contributed by atoms with E-state index in [4.69, 9.17) is 0 Å². The van der Waals surface area contributed by atoms with Gasteiger partial charge in [-0.15, -0.1) is 0 Å². The van der Waals surface area contributed by atoms with Gasteiger partial charge in [-0.05, 0) is 60.1 Å². The molecular weight excluding hydrogens is 216 g/mol. The Labute approximate surface area is 111 Å². The summed E-state index contributed by atoms with van der Waals surface area (Å²) in [6, 6.07) is 9.10. The van der Waals surface area contributed by atoms with Crippen LogP contribution >= 0.6 is 0 Å². The third-order valence-corrected chi connectivity index (χ3v) is 3.68. The molecule has 0 nitrogen and oxygen atoms in total. The normalized spacial score (nSPS) is 11.2. The molecule has 2 aliphatic rings. The Morgan fingerprint density at radius 3 is 2.28 bits per heavy atom. The Balaban J connectivity index is 2.79. The standard InChI is InChI=1S/C18H22/c1-11(2)15-8-7-13(5)18-16(12(3)4)9-14(6)17(18)10-15/h7-11H,3H2,1-2,4-6H3. The van der Waals surface area contributed by atoms with Gasteiger partial charge < -0.3 is 0 Å². The van der Waals surface area contributed by atoms with Crippen LogP contribution in [0.2, 0.25) is 0 Å². The lowest BCUT2D eigenvalue weighted by atomic mass is 9.99. The molecule has 18 heavy (non-hydrogen) atoms. The van der Waals surface area contributed by atoms with E-state index < -0.39 is 0 Å². The number of hydrogen-bond donors (Lipinski definition) is 0. The van der Waals surface area contributed by atoms with E-state index in [-0.39, 0.29) is 0 Å². The van der Waals surface area contributed by atoms with Crippen molar-refractivity contribution in [3.8, 4) is 11.1 Å². The molecule has 0 spiro atoms. The van der Waals surface area contributed by atoms with Crippen molar-refractivity contribution in [2.24, 2.45) is 0 Å². The van der Waals surface area contributed by atoms with Crippen LogP contribution < -0.4 is 0 Å². The van der Waals surface area contributed by atoms with Crippen molar-refractivity contribution in [2.45, 2.75) is 40.5 Å². The molecule has 2 aliphatic carbocycles. The molecule has 0 saturated carbocycles. The van der Waals surface area contributed by atoms with E-state index in [1.54, 1.807) is 0 Å². The highest BCUT2D eigenvalue weighted by Crippen LogP contribution is 2.38. The summed E-state index contributed by atoms with van der Waals surface area (Å²) in [6.07, 6.45) is 0. The first-order valence-corrected chi connectivity index (χ1v) is 6.61. The van der Waals surface area contributed by atoms with Crippen molar-refractivity contribution in [3.63, 3.8) is 0 Å². The molecule has 0 bridgehead atoms. The lowest BCUT2D eigenvalue weighted by Gasteiger charge is -2.05. The van der Waals surface area contributed by atoms with Crippen LogP contribution in [0.15, 0.2) is 30.8 Å². The minimum Gasteiger partial charge on any atom is -0.0955 e. The summed E-state index contributed by atoms with van der Waals surface area (Å²) in [7, 11) is 0. The largest absolute Gasteiger partial charge is 0.0955 e. The maximum absolute atomic E-state index is 4.11. The molecule has 0 unspecified atom stereocenters. The fraction of sp³-hybridized carbons (Fsp3) is 0.333. The van der Waals surface area contributed by atoms with Crippen LogP contribution in [-0.4, -0.2) is 0 Å². The first-order chi connectivity index (χ1) is 8.41. The lowest BCUT2D eigenvalue weighted by molar-refractivity contribution is 0.868. The number of allylic oxidation sites excluding steroid dienone is 1. The smallest absolute Gasteiger partial charge is 0.00768 e. The molecule has 0 fully saturated rings. The molecule has 0 amide bonds. The van der Waals surface area contributed by atoms with Crippen molar-refractivity contribution in [2.75, 3.05) is 0 Å². The topological polar surface area (TPSA) is 0 Å². The molecular formula is C18H22. The van der Waals surface area contributed by atoms with Gasteiger partial charge in [-0.3, -0.25) is 0 Å². The average molecular weight is 238 g/mol. The fourth-order valence-electron chi connectivity index (χ4n) is 2.53. The molecule has 0 aromatic carbocycles. The Kier molecular flexibility index (Phi) is 3.30. The SMILES string of the molecule is C=C(C)c1cc(C)c2cc(C(C)C)ccc(C)c1-2. The highest BCUT2D eigenvalue weighted by Gasteiger charge is 2.16. The molecule has 0 aliphatic heterocycles. The van der Waals surface area contributed by atoms with Gasteiger partial charge in [0, 0.05) is 0 Å². The molecule has 2 rings (SSSR count). The highest BCUT2D eigenvalue weighted by molar-refractivity contribution is 5.87. The molecule has 0 heterocycles. The van der Waals surface area contributed by atoms with E-state index in [2.05, 4.69) is 65.5 Å². The molecule has 0 atom stereocenters. The van der Waals surface area contributed by atoms with Gasteiger partial charge in [0.05, 0.1) is 0 Å². The van der Waals surface area contributed by atoms with Gasteiger partial charge in [-0.1, -0.05) is 50.3 Å². The minimum absolute atomic E-state index is 0.558. The number of rotatable bonds is 2. The van der Waals surface area contributed by atoms with E-state index in [0.29, 0.717) is 5.92 Å². The van der Waals surface area contributed by atoms with E-state index in [0.717, 1.165) is 5.57 Å². The Hall–Kier alpha value is -1.56. The van der Waals surface area contributed by atoms with Crippen molar-refractivity contribution in [3.05, 3.63) is 53.1 Å². The number of fused-ring (bicyclic) bond motifs is 1. The zero-order valence-corrected chi connectivity index (χ0v) is 12.1. The van der Waals surface area contributed by atoms with Crippen LogP contribution in [0.4, 0.5) is 0 Å². The van der Waals surface area contributed by atoms with Gasteiger partial charge in [0.25, 0.3) is 0 Å². The Morgan fingerprint density at radius 2 is 1.72 bits per heavy atom. The summed E-state index contributed by atoms with van der Waals surface area (Å²) in [5.41, 5.74) is 9.27. The second kappa shape index (κ2) is 4.61. The van der Waals surface area contributed by atoms with E-state index in [1.165, 1.54) is 33.4 Å². The van der Waals surface area contributed by atoms with Gasteiger partial charge in [0.15, 0.2) is 0 Å². The molecule has 0 heteroatoms. The van der Waals surface area contributed by atoms with Crippen molar-refractivity contribution in [1.82, 2.24) is 0 Å². The highest BCUT2D eigenvalue weighted by atomic mass is 14.2. The van der Waals surface area contributed by atoms with Crippen LogP contribution in [0, 0.1) is 13.8 Å². The van der Waals surface area contributed by atoms with Crippen LogP contribution in [0.3, 0.4) is 0 Å². The van der Waals surface area contributed by atoms with Crippen LogP contribution in [0.5, 0.6) is 0 Å². The van der Waals surface area contributed by atoms with Gasteiger partial charge in [-0.2, -0.15) is 0 Å². The predicted molar refractivity (Wildman–Crippen MR) is 81.3 cm³/mol. The average Bonchev–Trinajstić information content (AvgIpc) is 2.50. The quantitative estimate of drug-likeness (QED) is 0.642. The van der Waals surface area contributed by atoms with Gasteiger partial charge in [0.1, 0.15) is 0 Å². The second-order valence-electron chi connectivity index (χ2n) is 5.63. The van der Waals surface area contributed by atoms with Gasteiger partial charge >= 0.3 is 0 Å². The van der Waals surface area contributed by atoms with Crippen molar-refractivity contribution < 1.29 is 0 Å². The van der Waals surface area contributed by atoms with Crippen molar-refractivity contribution >= 4 is 5.57 Å². The van der Waals surface area contributed by atoms with Crippen LogP contribution in [-0.2, 0) is 0 Å². The molecule has 0 saturated heterocycles. The zero-order valence-electron chi connectivity index (χ0n) is 12.1. The summed E-state index contributed by atoms with van der Waals surface area (Å²) >= 11 is 0. The Morgan fingerprint density at radius 1 is 1.06 bits per heavy atom. The fourth-order valence-corrected chi connectivity index (χ4v) is 2.53. The Bertz CT molecular complexity index is 573. The number of hydrogen-bond acceptors (Lipinski definition) is 0. The first kappa shape index (κ1) is 12.9. The molecule has 0 aromatic rings. The van der Waals surface area contributed by atoms with Gasteiger partial charge in [0.2, 0.25) is 0 Å². The molecule has 0 aromatic heterocycles. The second-order valence-corrected chi connectivity index (χ2v) is 5.63. The predicted octanol–water partition coefficient (Wildman–Crippen LogP) is 5.56. The third kappa shape index (κ3) is 2.08. The minimum atomic E-state index is 0.558. The summed E-state index contributed by atoms with van der Waals surface area (Å²) in [6.45, 7) is 15.1. The maximum Gasteiger partial charge on any atom is -0.00768 e. The molecule has 0 N–H and O–H groups in total. The summed E-state index contributed by atoms with van der Waals surface area (Å²) in [5, 5.41) is 0. The van der Waals surface area contributed by atoms with E-state index in [9.17, 15) is 0 Å². The van der Waals surface area contributed by atoms with Crippen LogP contribution in [0.1, 0.15) is 48.9 Å². The van der Waals surface area contributed by atoms with Gasteiger partial charge in [-0.25, -0.2) is 0 Å².